The highest BCUT2D eigenvalue weighted by Crippen LogP contribution is 2.37. The molecule has 7 nitrogen and oxygen atoms in total. The van der Waals surface area contributed by atoms with E-state index in [0.717, 1.165) is 36.0 Å². The molecule has 0 bridgehead atoms. The van der Waals surface area contributed by atoms with Crippen molar-refractivity contribution in [2.45, 2.75) is 6.54 Å². The van der Waals surface area contributed by atoms with E-state index in [4.69, 9.17) is 9.47 Å². The third kappa shape index (κ3) is 2.82. The van der Waals surface area contributed by atoms with Crippen LogP contribution in [0.2, 0.25) is 0 Å². The average Bonchev–Trinajstić information content (AvgIpc) is 2.88. The van der Waals surface area contributed by atoms with Gasteiger partial charge in [0.05, 0.1) is 36.5 Å². The zero-order valence-corrected chi connectivity index (χ0v) is 12.4. The van der Waals surface area contributed by atoms with Crippen molar-refractivity contribution >= 4 is 27.2 Å². The lowest BCUT2D eigenvalue weighted by atomic mass is 10.2. The summed E-state index contributed by atoms with van der Waals surface area (Å²) in [6.07, 6.45) is 0. The molecule has 0 aliphatic carbocycles. The molecule has 1 aromatic carbocycles. The molecule has 0 spiro atoms. The number of benzene rings is 1. The first-order valence-electron chi connectivity index (χ1n) is 6.60. The SMILES string of the molecule is COc1ccc2sc(CN3CCOCC3)nc2c1[N+](=O)[O-]. The van der Waals surface area contributed by atoms with Crippen LogP contribution in [0.3, 0.4) is 0 Å². The molecular formula is C13H15N3O4S. The number of nitro benzene ring substituents is 1. The number of nitrogens with zero attached hydrogens (tertiary/aromatic N) is 3. The van der Waals surface area contributed by atoms with Crippen molar-refractivity contribution in [1.29, 1.82) is 0 Å². The molecule has 1 fully saturated rings. The second-order valence-corrected chi connectivity index (χ2v) is 5.83. The predicted molar refractivity (Wildman–Crippen MR) is 78.9 cm³/mol. The fourth-order valence-corrected chi connectivity index (χ4v) is 3.38. The van der Waals surface area contributed by atoms with E-state index in [0.29, 0.717) is 12.1 Å². The van der Waals surface area contributed by atoms with Crippen molar-refractivity contribution in [3.63, 3.8) is 0 Å². The van der Waals surface area contributed by atoms with Crippen LogP contribution in [0, 0.1) is 10.1 Å². The predicted octanol–water partition coefficient (Wildman–Crippen LogP) is 2.05. The number of rotatable bonds is 4. The number of thiazole rings is 1. The fourth-order valence-electron chi connectivity index (χ4n) is 2.37. The summed E-state index contributed by atoms with van der Waals surface area (Å²) in [5, 5.41) is 12.1. The highest BCUT2D eigenvalue weighted by Gasteiger charge is 2.23. The van der Waals surface area contributed by atoms with Crippen molar-refractivity contribution in [2.24, 2.45) is 0 Å². The number of nitro groups is 1. The third-order valence-corrected chi connectivity index (χ3v) is 4.41. The van der Waals surface area contributed by atoms with Gasteiger partial charge >= 0.3 is 5.69 Å². The summed E-state index contributed by atoms with van der Waals surface area (Å²) >= 11 is 1.49. The molecule has 0 N–H and O–H groups in total. The molecule has 1 aliphatic heterocycles. The molecule has 1 saturated heterocycles. The molecule has 3 rings (SSSR count). The molecule has 0 radical (unpaired) electrons. The number of fused-ring (bicyclic) bond motifs is 1. The fraction of sp³-hybridized carbons (Fsp3) is 0.462. The standard InChI is InChI=1S/C13H15N3O4S/c1-19-9-2-3-10-12(13(9)16(17)18)14-11(21-10)8-15-4-6-20-7-5-15/h2-3H,4-8H2,1H3. The minimum Gasteiger partial charge on any atom is -0.490 e. The Morgan fingerprint density at radius 2 is 2.24 bits per heavy atom. The highest BCUT2D eigenvalue weighted by molar-refractivity contribution is 7.18. The number of hydrogen-bond donors (Lipinski definition) is 0. The number of methoxy groups -OCH3 is 1. The van der Waals surface area contributed by atoms with E-state index >= 15 is 0 Å². The van der Waals surface area contributed by atoms with Gasteiger partial charge in [0, 0.05) is 13.1 Å². The Balaban J connectivity index is 1.95. The molecule has 0 saturated carbocycles. The van der Waals surface area contributed by atoms with Crippen LogP contribution in [0.15, 0.2) is 12.1 Å². The summed E-state index contributed by atoms with van der Waals surface area (Å²) in [5.74, 6) is 0.246. The summed E-state index contributed by atoms with van der Waals surface area (Å²) in [7, 11) is 1.43. The second kappa shape index (κ2) is 5.92. The molecular weight excluding hydrogens is 294 g/mol. The third-order valence-electron chi connectivity index (χ3n) is 3.41. The maximum Gasteiger partial charge on any atom is 0.337 e. The van der Waals surface area contributed by atoms with Crippen molar-refractivity contribution in [3.05, 3.63) is 27.3 Å². The number of morpholine rings is 1. The Morgan fingerprint density at radius 1 is 1.48 bits per heavy atom. The average molecular weight is 309 g/mol. The van der Waals surface area contributed by atoms with E-state index in [-0.39, 0.29) is 11.4 Å². The first-order valence-corrected chi connectivity index (χ1v) is 7.41. The molecule has 1 aromatic heterocycles. The summed E-state index contributed by atoms with van der Waals surface area (Å²) in [5.41, 5.74) is 0.354. The first kappa shape index (κ1) is 14.2. The van der Waals surface area contributed by atoms with Crippen LogP contribution in [0.25, 0.3) is 10.2 Å². The zero-order chi connectivity index (χ0) is 14.8. The van der Waals surface area contributed by atoms with Crippen molar-refractivity contribution in [2.75, 3.05) is 33.4 Å². The lowest BCUT2D eigenvalue weighted by molar-refractivity contribution is -0.384. The zero-order valence-electron chi connectivity index (χ0n) is 11.6. The van der Waals surface area contributed by atoms with E-state index in [1.807, 2.05) is 6.07 Å². The van der Waals surface area contributed by atoms with Gasteiger partial charge in [-0.15, -0.1) is 11.3 Å². The Labute approximate surface area is 125 Å². The van der Waals surface area contributed by atoms with Crippen molar-refractivity contribution in [1.82, 2.24) is 9.88 Å². The monoisotopic (exact) mass is 309 g/mol. The van der Waals surface area contributed by atoms with E-state index < -0.39 is 4.92 Å². The van der Waals surface area contributed by atoms with Gasteiger partial charge in [0.15, 0.2) is 11.3 Å². The van der Waals surface area contributed by atoms with E-state index in [9.17, 15) is 10.1 Å². The van der Waals surface area contributed by atoms with Gasteiger partial charge in [-0.3, -0.25) is 15.0 Å². The highest BCUT2D eigenvalue weighted by atomic mass is 32.1. The first-order chi connectivity index (χ1) is 10.2. The van der Waals surface area contributed by atoms with Crippen LogP contribution in [-0.2, 0) is 11.3 Å². The molecule has 21 heavy (non-hydrogen) atoms. The Kier molecular flexibility index (Phi) is 4.00. The van der Waals surface area contributed by atoms with Crippen LogP contribution in [0.4, 0.5) is 5.69 Å². The van der Waals surface area contributed by atoms with Gasteiger partial charge in [-0.1, -0.05) is 0 Å². The van der Waals surface area contributed by atoms with E-state index in [1.165, 1.54) is 18.4 Å². The lowest BCUT2D eigenvalue weighted by Gasteiger charge is -2.25. The minimum atomic E-state index is -0.431. The summed E-state index contributed by atoms with van der Waals surface area (Å²) in [4.78, 5) is 17.5. The Morgan fingerprint density at radius 3 is 2.90 bits per heavy atom. The summed E-state index contributed by atoms with van der Waals surface area (Å²) < 4.78 is 11.2. The maximum absolute atomic E-state index is 11.3. The molecule has 0 atom stereocenters. The molecule has 2 aromatic rings. The smallest absolute Gasteiger partial charge is 0.337 e. The maximum atomic E-state index is 11.3. The van der Waals surface area contributed by atoms with Gasteiger partial charge in [0.25, 0.3) is 0 Å². The normalized spacial score (nSPS) is 16.2. The van der Waals surface area contributed by atoms with Crippen LogP contribution in [0.5, 0.6) is 5.75 Å². The molecule has 112 valence electrons. The van der Waals surface area contributed by atoms with Crippen molar-refractivity contribution < 1.29 is 14.4 Å². The van der Waals surface area contributed by atoms with Crippen LogP contribution < -0.4 is 4.74 Å². The molecule has 1 aliphatic rings. The topological polar surface area (TPSA) is 77.7 Å². The quantitative estimate of drug-likeness (QED) is 0.635. The van der Waals surface area contributed by atoms with Crippen LogP contribution in [-0.4, -0.2) is 48.2 Å². The van der Waals surface area contributed by atoms with E-state index in [1.54, 1.807) is 6.07 Å². The number of aromatic nitrogens is 1. The Hall–Kier alpha value is -1.77. The lowest BCUT2D eigenvalue weighted by Crippen LogP contribution is -2.35. The molecule has 8 heteroatoms. The summed E-state index contributed by atoms with van der Waals surface area (Å²) in [6.45, 7) is 3.86. The van der Waals surface area contributed by atoms with Gasteiger partial charge in [-0.05, 0) is 12.1 Å². The number of hydrogen-bond acceptors (Lipinski definition) is 7. The van der Waals surface area contributed by atoms with Gasteiger partial charge < -0.3 is 9.47 Å². The van der Waals surface area contributed by atoms with E-state index in [2.05, 4.69) is 9.88 Å². The molecule has 0 unspecified atom stereocenters. The van der Waals surface area contributed by atoms with Crippen molar-refractivity contribution in [3.8, 4) is 5.75 Å². The van der Waals surface area contributed by atoms with Gasteiger partial charge in [0.1, 0.15) is 5.01 Å². The number of ether oxygens (including phenoxy) is 2. The van der Waals surface area contributed by atoms with Crippen LogP contribution >= 0.6 is 11.3 Å². The molecule has 2 heterocycles. The molecule has 0 amide bonds. The van der Waals surface area contributed by atoms with Gasteiger partial charge in [-0.25, -0.2) is 4.98 Å². The van der Waals surface area contributed by atoms with Gasteiger partial charge in [0.2, 0.25) is 0 Å². The van der Waals surface area contributed by atoms with Crippen LogP contribution in [0.1, 0.15) is 5.01 Å². The summed E-state index contributed by atoms with van der Waals surface area (Å²) in [6, 6.07) is 3.44. The largest absolute Gasteiger partial charge is 0.490 e. The Bertz CT molecular complexity index is 667. The second-order valence-electron chi connectivity index (χ2n) is 4.72. The van der Waals surface area contributed by atoms with Gasteiger partial charge in [-0.2, -0.15) is 0 Å². The minimum absolute atomic E-state index is 0.0560.